The fourth-order valence-corrected chi connectivity index (χ4v) is 4.16. The van der Waals surface area contributed by atoms with Gasteiger partial charge in [-0.05, 0) is 55.7 Å². The molecule has 0 radical (unpaired) electrons. The van der Waals surface area contributed by atoms with E-state index in [1.807, 2.05) is 19.1 Å². The summed E-state index contributed by atoms with van der Waals surface area (Å²) in [6.07, 6.45) is 6.81. The third-order valence-electron chi connectivity index (χ3n) is 5.81. The van der Waals surface area contributed by atoms with Gasteiger partial charge in [0.1, 0.15) is 5.76 Å². The van der Waals surface area contributed by atoms with Crippen molar-refractivity contribution in [3.05, 3.63) is 78.1 Å². The number of furan rings is 2. The monoisotopic (exact) mass is 449 g/mol. The maximum atomic E-state index is 13.5. The van der Waals surface area contributed by atoms with Crippen LogP contribution in [0.3, 0.4) is 0 Å². The predicted molar refractivity (Wildman–Crippen MR) is 122 cm³/mol. The maximum absolute atomic E-state index is 13.5. The fourth-order valence-electron chi connectivity index (χ4n) is 4.16. The van der Waals surface area contributed by atoms with Gasteiger partial charge in [0.05, 0.1) is 19.1 Å². The Balaban J connectivity index is 1.65. The summed E-state index contributed by atoms with van der Waals surface area (Å²) in [5.74, 6) is -0.827. The number of benzene rings is 1. The first-order valence-electron chi connectivity index (χ1n) is 11.1. The zero-order valence-corrected chi connectivity index (χ0v) is 18.5. The van der Waals surface area contributed by atoms with E-state index in [0.29, 0.717) is 11.4 Å². The molecule has 33 heavy (non-hydrogen) atoms. The first kappa shape index (κ1) is 22.4. The number of nitrogens with one attached hydrogen (secondary N) is 2. The average molecular weight is 450 g/mol. The van der Waals surface area contributed by atoms with E-state index in [1.54, 1.807) is 30.3 Å². The van der Waals surface area contributed by atoms with Gasteiger partial charge in [-0.3, -0.25) is 19.3 Å². The Labute approximate surface area is 191 Å². The van der Waals surface area contributed by atoms with Crippen molar-refractivity contribution >= 4 is 23.4 Å². The molecule has 2 aromatic heterocycles. The largest absolute Gasteiger partial charge is 0.467 e. The minimum atomic E-state index is -1.02. The summed E-state index contributed by atoms with van der Waals surface area (Å²) in [5, 5.41) is 5.66. The molecule has 1 aromatic carbocycles. The summed E-state index contributed by atoms with van der Waals surface area (Å²) in [6, 6.07) is 12.8. The van der Waals surface area contributed by atoms with Gasteiger partial charge in [-0.2, -0.15) is 0 Å². The van der Waals surface area contributed by atoms with Gasteiger partial charge in [-0.15, -0.1) is 0 Å². The van der Waals surface area contributed by atoms with Crippen LogP contribution in [0, 0.1) is 6.92 Å². The van der Waals surface area contributed by atoms with Crippen LogP contribution < -0.4 is 15.5 Å². The third kappa shape index (κ3) is 5.16. The van der Waals surface area contributed by atoms with Crippen LogP contribution in [0.2, 0.25) is 0 Å². The Morgan fingerprint density at radius 2 is 1.73 bits per heavy atom. The molecule has 0 aliphatic heterocycles. The Bertz CT molecular complexity index is 1090. The molecule has 2 heterocycles. The molecule has 1 aliphatic carbocycles. The minimum absolute atomic E-state index is 0.0717. The minimum Gasteiger partial charge on any atom is -0.467 e. The van der Waals surface area contributed by atoms with Crippen molar-refractivity contribution in [2.24, 2.45) is 0 Å². The molecular formula is C25H27N3O5. The molecule has 1 atom stereocenters. The van der Waals surface area contributed by atoms with Crippen LogP contribution in [0.4, 0.5) is 5.69 Å². The summed E-state index contributed by atoms with van der Waals surface area (Å²) in [4.78, 5) is 40.7. The highest BCUT2D eigenvalue weighted by atomic mass is 16.3. The number of hydrogen-bond acceptors (Lipinski definition) is 5. The van der Waals surface area contributed by atoms with E-state index in [9.17, 15) is 14.4 Å². The lowest BCUT2D eigenvalue weighted by Gasteiger charge is -2.32. The summed E-state index contributed by atoms with van der Waals surface area (Å²) in [5.41, 5.74) is 1.38. The molecule has 172 valence electrons. The van der Waals surface area contributed by atoms with E-state index in [2.05, 4.69) is 10.6 Å². The van der Waals surface area contributed by atoms with Crippen LogP contribution in [0.1, 0.15) is 53.6 Å². The first-order chi connectivity index (χ1) is 16.0. The van der Waals surface area contributed by atoms with E-state index in [-0.39, 0.29) is 24.3 Å². The molecule has 3 amide bonds. The first-order valence-corrected chi connectivity index (χ1v) is 11.1. The number of carbonyl (C=O) groups excluding carboxylic acids is 3. The second-order valence-corrected chi connectivity index (χ2v) is 8.12. The number of anilines is 1. The SMILES string of the molecule is Cc1ccccc1N(C(=O)CNC(=O)c1ccco1)C(C(=O)NC1CCCC1)c1ccco1. The van der Waals surface area contributed by atoms with E-state index < -0.39 is 17.9 Å². The lowest BCUT2D eigenvalue weighted by molar-refractivity contribution is -0.127. The highest BCUT2D eigenvalue weighted by Gasteiger charge is 2.36. The van der Waals surface area contributed by atoms with Gasteiger partial charge in [-0.1, -0.05) is 31.0 Å². The molecule has 4 rings (SSSR count). The molecular weight excluding hydrogens is 422 g/mol. The summed E-state index contributed by atoms with van der Waals surface area (Å²) in [7, 11) is 0. The Morgan fingerprint density at radius 1 is 1.00 bits per heavy atom. The quantitative estimate of drug-likeness (QED) is 0.545. The maximum Gasteiger partial charge on any atom is 0.287 e. The molecule has 1 aliphatic rings. The van der Waals surface area contributed by atoms with Gasteiger partial charge in [0, 0.05) is 11.7 Å². The molecule has 8 nitrogen and oxygen atoms in total. The number of carbonyl (C=O) groups is 3. The lowest BCUT2D eigenvalue weighted by atomic mass is 10.1. The van der Waals surface area contributed by atoms with E-state index in [1.165, 1.54) is 23.5 Å². The average Bonchev–Trinajstić information content (AvgIpc) is 3.59. The number of para-hydroxylation sites is 1. The Morgan fingerprint density at radius 3 is 2.39 bits per heavy atom. The number of nitrogens with zero attached hydrogens (tertiary/aromatic N) is 1. The molecule has 1 unspecified atom stereocenters. The smallest absolute Gasteiger partial charge is 0.287 e. The fraction of sp³-hybridized carbons (Fsp3) is 0.320. The van der Waals surface area contributed by atoms with Crippen molar-refractivity contribution in [3.63, 3.8) is 0 Å². The highest BCUT2D eigenvalue weighted by Crippen LogP contribution is 2.31. The lowest BCUT2D eigenvalue weighted by Crippen LogP contribution is -2.49. The summed E-state index contributed by atoms with van der Waals surface area (Å²) >= 11 is 0. The molecule has 2 N–H and O–H groups in total. The van der Waals surface area contributed by atoms with Crippen molar-refractivity contribution in [3.8, 4) is 0 Å². The normalized spacial score (nSPS) is 14.6. The van der Waals surface area contributed by atoms with Gasteiger partial charge < -0.3 is 19.5 Å². The molecule has 0 spiro atoms. The van der Waals surface area contributed by atoms with Crippen LogP contribution in [0.15, 0.2) is 69.9 Å². The number of aryl methyl sites for hydroxylation is 1. The summed E-state index contributed by atoms with van der Waals surface area (Å²) < 4.78 is 10.7. The van der Waals surface area contributed by atoms with Crippen molar-refractivity contribution < 1.29 is 23.2 Å². The topological polar surface area (TPSA) is 105 Å². The van der Waals surface area contributed by atoms with Crippen molar-refractivity contribution in [2.75, 3.05) is 11.4 Å². The predicted octanol–water partition coefficient (Wildman–Crippen LogP) is 3.74. The zero-order chi connectivity index (χ0) is 23.2. The molecule has 0 bridgehead atoms. The molecule has 3 aromatic rings. The van der Waals surface area contributed by atoms with Gasteiger partial charge in [0.15, 0.2) is 11.8 Å². The van der Waals surface area contributed by atoms with Gasteiger partial charge >= 0.3 is 0 Å². The van der Waals surface area contributed by atoms with Crippen LogP contribution in [-0.4, -0.2) is 30.3 Å². The van der Waals surface area contributed by atoms with E-state index >= 15 is 0 Å². The van der Waals surface area contributed by atoms with E-state index in [4.69, 9.17) is 8.83 Å². The molecule has 1 saturated carbocycles. The molecule has 0 saturated heterocycles. The van der Waals surface area contributed by atoms with Crippen LogP contribution in [0.25, 0.3) is 0 Å². The Kier molecular flexibility index (Phi) is 6.92. The standard InChI is InChI=1S/C25H27N3O5/c1-17-8-2-5-11-19(17)28(22(29)16-26-24(30)21-13-7-15-33-21)23(20-12-6-14-32-20)25(31)27-18-9-3-4-10-18/h2,5-8,11-15,18,23H,3-4,9-10,16H2,1H3,(H,26,30)(H,27,31). The van der Waals surface area contributed by atoms with Crippen molar-refractivity contribution in [1.82, 2.24) is 10.6 Å². The second kappa shape index (κ2) is 10.2. The van der Waals surface area contributed by atoms with Gasteiger partial charge in [-0.25, -0.2) is 0 Å². The number of amides is 3. The van der Waals surface area contributed by atoms with Gasteiger partial charge in [0.25, 0.3) is 11.8 Å². The highest BCUT2D eigenvalue weighted by molar-refractivity contribution is 6.04. The Hall–Kier alpha value is -3.81. The van der Waals surface area contributed by atoms with Crippen molar-refractivity contribution in [1.29, 1.82) is 0 Å². The van der Waals surface area contributed by atoms with Crippen LogP contribution in [0.5, 0.6) is 0 Å². The number of rotatable bonds is 8. The van der Waals surface area contributed by atoms with E-state index in [0.717, 1.165) is 31.2 Å². The van der Waals surface area contributed by atoms with Gasteiger partial charge in [0.2, 0.25) is 5.91 Å². The molecule has 1 fully saturated rings. The van der Waals surface area contributed by atoms with Crippen LogP contribution in [-0.2, 0) is 9.59 Å². The summed E-state index contributed by atoms with van der Waals surface area (Å²) in [6.45, 7) is 1.55. The van der Waals surface area contributed by atoms with Crippen molar-refractivity contribution in [2.45, 2.75) is 44.7 Å². The number of hydrogen-bond donors (Lipinski definition) is 2. The third-order valence-corrected chi connectivity index (χ3v) is 5.81. The zero-order valence-electron chi connectivity index (χ0n) is 18.5. The molecule has 8 heteroatoms. The van der Waals surface area contributed by atoms with Crippen LogP contribution >= 0.6 is 0 Å². The second-order valence-electron chi connectivity index (χ2n) is 8.12.